The summed E-state index contributed by atoms with van der Waals surface area (Å²) < 4.78 is 7.82. The summed E-state index contributed by atoms with van der Waals surface area (Å²) in [6, 6.07) is 21.5. The van der Waals surface area contributed by atoms with E-state index in [2.05, 4.69) is 73.0 Å². The van der Waals surface area contributed by atoms with Crippen molar-refractivity contribution in [1.29, 1.82) is 0 Å². The van der Waals surface area contributed by atoms with E-state index >= 15 is 0 Å². The molecule has 1 atom stereocenters. The van der Waals surface area contributed by atoms with Crippen LogP contribution < -0.4 is 4.74 Å². The Kier molecular flexibility index (Phi) is 6.37. The number of nitrogens with zero attached hydrogens (tertiary/aromatic N) is 2. The fourth-order valence-electron chi connectivity index (χ4n) is 4.32. The van der Waals surface area contributed by atoms with Crippen LogP contribution in [0.4, 0.5) is 0 Å². The zero-order valence-electron chi connectivity index (χ0n) is 18.4. The average Bonchev–Trinajstić information content (AvgIpc) is 3.16. The lowest BCUT2D eigenvalue weighted by Gasteiger charge is -2.16. The molecule has 4 rings (SSSR count). The Bertz CT molecular complexity index is 1130. The minimum atomic E-state index is 0.236. The van der Waals surface area contributed by atoms with Crippen molar-refractivity contribution in [3.8, 4) is 5.75 Å². The molecule has 0 fully saturated rings. The predicted octanol–water partition coefficient (Wildman–Crippen LogP) is 7.32. The van der Waals surface area contributed by atoms with E-state index in [9.17, 15) is 0 Å². The molecular formula is C27H32N2O. The summed E-state index contributed by atoms with van der Waals surface area (Å²) in [5.74, 6) is 2.30. The topological polar surface area (TPSA) is 27.1 Å². The number of aromatic nitrogens is 2. The summed E-state index contributed by atoms with van der Waals surface area (Å²) in [7, 11) is 1.71. The largest absolute Gasteiger partial charge is 0.497 e. The van der Waals surface area contributed by atoms with E-state index in [1.54, 1.807) is 7.11 Å². The summed E-state index contributed by atoms with van der Waals surface area (Å²) >= 11 is 0. The number of para-hydroxylation sites is 2. The summed E-state index contributed by atoms with van der Waals surface area (Å²) in [6.07, 6.45) is 6.42. The van der Waals surface area contributed by atoms with Crippen molar-refractivity contribution in [1.82, 2.24) is 9.55 Å². The first-order chi connectivity index (χ1) is 14.7. The molecule has 1 aromatic heterocycles. The van der Waals surface area contributed by atoms with Crippen LogP contribution in [0.15, 0.2) is 60.7 Å². The maximum absolute atomic E-state index is 5.37. The van der Waals surface area contributed by atoms with Gasteiger partial charge in [-0.1, -0.05) is 75.9 Å². The zero-order valence-corrected chi connectivity index (χ0v) is 18.4. The lowest BCUT2D eigenvalue weighted by Crippen LogP contribution is -2.09. The molecular weight excluding hydrogens is 368 g/mol. The van der Waals surface area contributed by atoms with E-state index < -0.39 is 0 Å². The number of aryl methyl sites for hydroxylation is 1. The van der Waals surface area contributed by atoms with Crippen LogP contribution in [0.1, 0.15) is 63.3 Å². The van der Waals surface area contributed by atoms with Crippen molar-refractivity contribution in [2.45, 2.75) is 58.4 Å². The number of hydrogen-bond donors (Lipinski definition) is 0. The molecule has 3 nitrogen and oxygen atoms in total. The third-order valence-corrected chi connectivity index (χ3v) is 6.13. The number of methoxy groups -OCH3 is 1. The minimum Gasteiger partial charge on any atom is -0.497 e. The summed E-state index contributed by atoms with van der Waals surface area (Å²) in [5.41, 5.74) is 3.65. The second kappa shape index (κ2) is 9.34. The molecule has 0 amide bonds. The molecule has 3 heteroatoms. The van der Waals surface area contributed by atoms with E-state index in [-0.39, 0.29) is 5.92 Å². The molecule has 0 saturated heterocycles. The van der Waals surface area contributed by atoms with Crippen molar-refractivity contribution in [2.24, 2.45) is 0 Å². The van der Waals surface area contributed by atoms with Gasteiger partial charge in [0.1, 0.15) is 11.6 Å². The van der Waals surface area contributed by atoms with Crippen molar-refractivity contribution >= 4 is 21.8 Å². The van der Waals surface area contributed by atoms with Gasteiger partial charge in [0.2, 0.25) is 0 Å². The maximum Gasteiger partial charge on any atom is 0.119 e. The standard InChI is InChI=1S/C27H32N2O/c1-4-5-6-7-10-17-29-26-12-9-8-11-25(26)28-27(29)20(2)21-13-14-23-19-24(30-3)16-15-22(23)18-21/h8-9,11-16,18-20H,4-7,10,17H2,1-3H3. The van der Waals surface area contributed by atoms with Gasteiger partial charge in [-0.15, -0.1) is 0 Å². The quantitative estimate of drug-likeness (QED) is 0.275. The van der Waals surface area contributed by atoms with Crippen LogP contribution in [-0.4, -0.2) is 16.7 Å². The Morgan fingerprint density at radius 2 is 1.67 bits per heavy atom. The van der Waals surface area contributed by atoms with Crippen molar-refractivity contribution in [3.05, 3.63) is 72.1 Å². The van der Waals surface area contributed by atoms with Crippen LogP contribution >= 0.6 is 0 Å². The molecule has 156 valence electrons. The summed E-state index contributed by atoms with van der Waals surface area (Å²) in [5, 5.41) is 2.44. The van der Waals surface area contributed by atoms with Crippen LogP contribution in [0.5, 0.6) is 5.75 Å². The molecule has 3 aromatic carbocycles. The predicted molar refractivity (Wildman–Crippen MR) is 127 cm³/mol. The molecule has 4 aromatic rings. The monoisotopic (exact) mass is 400 g/mol. The molecule has 0 radical (unpaired) electrons. The SMILES string of the molecule is CCCCCCCn1c(C(C)c2ccc3cc(OC)ccc3c2)nc2ccccc21. The highest BCUT2D eigenvalue weighted by Crippen LogP contribution is 2.31. The third kappa shape index (κ3) is 4.21. The molecule has 0 saturated carbocycles. The van der Waals surface area contributed by atoms with Gasteiger partial charge in [-0.3, -0.25) is 0 Å². The van der Waals surface area contributed by atoms with Crippen LogP contribution in [0.3, 0.4) is 0 Å². The molecule has 30 heavy (non-hydrogen) atoms. The van der Waals surface area contributed by atoms with E-state index in [0.717, 1.165) is 17.8 Å². The van der Waals surface area contributed by atoms with Crippen LogP contribution in [0, 0.1) is 0 Å². The zero-order chi connectivity index (χ0) is 20.9. The Morgan fingerprint density at radius 3 is 2.50 bits per heavy atom. The highest BCUT2D eigenvalue weighted by molar-refractivity contribution is 5.85. The number of rotatable bonds is 9. The molecule has 0 bridgehead atoms. The van der Waals surface area contributed by atoms with Gasteiger partial charge in [-0.05, 0) is 47.0 Å². The first kappa shape index (κ1) is 20.5. The Hall–Kier alpha value is -2.81. The van der Waals surface area contributed by atoms with Crippen LogP contribution in [0.2, 0.25) is 0 Å². The fourth-order valence-corrected chi connectivity index (χ4v) is 4.32. The summed E-state index contributed by atoms with van der Waals surface area (Å²) in [6.45, 7) is 5.58. The van der Waals surface area contributed by atoms with Crippen LogP contribution in [0.25, 0.3) is 21.8 Å². The first-order valence-corrected chi connectivity index (χ1v) is 11.2. The molecule has 0 aliphatic carbocycles. The van der Waals surface area contributed by atoms with Gasteiger partial charge < -0.3 is 9.30 Å². The van der Waals surface area contributed by atoms with E-state index in [4.69, 9.17) is 9.72 Å². The van der Waals surface area contributed by atoms with Gasteiger partial charge in [-0.25, -0.2) is 4.98 Å². The van der Waals surface area contributed by atoms with E-state index in [1.807, 2.05) is 6.07 Å². The second-order valence-electron chi connectivity index (χ2n) is 8.22. The second-order valence-corrected chi connectivity index (χ2v) is 8.22. The maximum atomic E-state index is 5.37. The number of ether oxygens (including phenoxy) is 1. The van der Waals surface area contributed by atoms with Gasteiger partial charge >= 0.3 is 0 Å². The lowest BCUT2D eigenvalue weighted by molar-refractivity contribution is 0.415. The Morgan fingerprint density at radius 1 is 0.900 bits per heavy atom. The van der Waals surface area contributed by atoms with Gasteiger partial charge in [0.25, 0.3) is 0 Å². The normalized spacial score (nSPS) is 12.5. The van der Waals surface area contributed by atoms with Crippen molar-refractivity contribution < 1.29 is 4.74 Å². The van der Waals surface area contributed by atoms with Gasteiger partial charge in [0.15, 0.2) is 0 Å². The Labute approximate surface area is 179 Å². The van der Waals surface area contributed by atoms with Gasteiger partial charge in [-0.2, -0.15) is 0 Å². The number of hydrogen-bond acceptors (Lipinski definition) is 2. The molecule has 1 unspecified atom stereocenters. The molecule has 0 aliphatic heterocycles. The van der Waals surface area contributed by atoms with Gasteiger partial charge in [0, 0.05) is 12.5 Å². The first-order valence-electron chi connectivity index (χ1n) is 11.2. The molecule has 0 aliphatic rings. The summed E-state index contributed by atoms with van der Waals surface area (Å²) in [4.78, 5) is 5.05. The van der Waals surface area contributed by atoms with E-state index in [0.29, 0.717) is 0 Å². The highest BCUT2D eigenvalue weighted by Gasteiger charge is 2.18. The van der Waals surface area contributed by atoms with Crippen molar-refractivity contribution in [2.75, 3.05) is 7.11 Å². The number of imidazole rings is 1. The smallest absolute Gasteiger partial charge is 0.119 e. The molecule has 0 spiro atoms. The molecule has 0 N–H and O–H groups in total. The third-order valence-electron chi connectivity index (χ3n) is 6.13. The van der Waals surface area contributed by atoms with E-state index in [1.165, 1.54) is 59.8 Å². The lowest BCUT2D eigenvalue weighted by atomic mass is 9.97. The Balaban J connectivity index is 1.65. The highest BCUT2D eigenvalue weighted by atomic mass is 16.5. The number of benzene rings is 3. The van der Waals surface area contributed by atoms with Crippen LogP contribution in [-0.2, 0) is 6.54 Å². The average molecular weight is 401 g/mol. The number of fused-ring (bicyclic) bond motifs is 2. The molecule has 1 heterocycles. The van der Waals surface area contributed by atoms with Gasteiger partial charge in [0.05, 0.1) is 18.1 Å². The fraction of sp³-hybridized carbons (Fsp3) is 0.370. The van der Waals surface area contributed by atoms with Crippen molar-refractivity contribution in [3.63, 3.8) is 0 Å². The minimum absolute atomic E-state index is 0.236. The number of unbranched alkanes of at least 4 members (excludes halogenated alkanes) is 4.